The maximum absolute atomic E-state index is 13.2. The number of nitrogens with zero attached hydrogens (tertiary/aromatic N) is 9. The van der Waals surface area contributed by atoms with E-state index in [2.05, 4.69) is 72.4 Å². The molecular weight excluding hydrogens is 1150 g/mol. The lowest BCUT2D eigenvalue weighted by molar-refractivity contribution is 0.0867. The molecule has 12 rings (SSSR count). The molecule has 6 aromatic heterocycles. The highest BCUT2D eigenvalue weighted by Gasteiger charge is 2.48. The summed E-state index contributed by atoms with van der Waals surface area (Å²) in [6.45, 7) is 0. The Bertz CT molecular complexity index is 3370. The van der Waals surface area contributed by atoms with Crippen molar-refractivity contribution in [3.8, 4) is 17.2 Å². The minimum Gasteiger partial charge on any atom is -0.491 e. The van der Waals surface area contributed by atoms with E-state index in [0.29, 0.717) is 75.6 Å². The molecule has 0 bridgehead atoms. The summed E-state index contributed by atoms with van der Waals surface area (Å²) in [6, 6.07) is 4.41. The van der Waals surface area contributed by atoms with Crippen molar-refractivity contribution < 1.29 is 28.6 Å². The number of pyridine rings is 3. The summed E-state index contributed by atoms with van der Waals surface area (Å²) >= 11 is 22.0. The topological polar surface area (TPSA) is 308 Å². The predicted octanol–water partition coefficient (Wildman–Crippen LogP) is 7.50. The second-order valence-corrected chi connectivity index (χ2v) is 21.4. The number of ether oxygens (including phenoxy) is 3. The van der Waals surface area contributed by atoms with Crippen LogP contribution >= 0.6 is 50.7 Å². The molecule has 3 amide bonds. The third-order valence-corrected chi connectivity index (χ3v) is 16.1. The molecule has 0 radical (unpaired) electrons. The molecule has 7 N–H and O–H groups in total. The van der Waals surface area contributed by atoms with Crippen molar-refractivity contribution >= 4 is 97.3 Å². The quantitative estimate of drug-likeness (QED) is 0.0901. The number of nitrogens with one attached hydrogen (secondary N) is 5. The van der Waals surface area contributed by atoms with E-state index in [1.54, 1.807) is 4.57 Å². The zero-order valence-corrected chi connectivity index (χ0v) is 46.9. The summed E-state index contributed by atoms with van der Waals surface area (Å²) in [5.74, 6) is 1.53. The smallest absolute Gasteiger partial charge is 0.276 e. The monoisotopic (exact) mass is 1210 g/mol. The Morgan fingerprint density at radius 2 is 0.835 bits per heavy atom. The van der Waals surface area contributed by atoms with Gasteiger partial charge in [-0.1, -0.05) is 54.1 Å². The largest absolute Gasteiger partial charge is 0.491 e. The van der Waals surface area contributed by atoms with E-state index >= 15 is 0 Å². The average molecular weight is 1210 g/mol. The lowest BCUT2D eigenvalue weighted by Gasteiger charge is -2.35. The summed E-state index contributed by atoms with van der Waals surface area (Å²) in [7, 11) is 4.51. The number of aromatic nitrogens is 9. The highest BCUT2D eigenvalue weighted by Crippen LogP contribution is 2.42. The lowest BCUT2D eigenvalue weighted by atomic mass is 9.89. The van der Waals surface area contributed by atoms with E-state index < -0.39 is 17.0 Å². The molecule has 24 nitrogen and oxygen atoms in total. The van der Waals surface area contributed by atoms with Crippen LogP contribution in [0.5, 0.6) is 17.2 Å². The molecular formula is C51H55BrCl3N15O9. The van der Waals surface area contributed by atoms with Gasteiger partial charge < -0.3 is 46.5 Å². The number of nitrogen functional groups attached to an aromatic ring is 1. The second kappa shape index (κ2) is 23.5. The normalized spacial score (nSPS) is 17.4. The van der Waals surface area contributed by atoms with Gasteiger partial charge in [0, 0.05) is 0 Å². The van der Waals surface area contributed by atoms with Crippen molar-refractivity contribution in [1.29, 1.82) is 0 Å². The molecule has 0 unspecified atom stereocenters. The van der Waals surface area contributed by atoms with E-state index in [1.807, 2.05) is 0 Å². The molecule has 28 heteroatoms. The number of carbonyl (C=O) groups is 3. The number of rotatable bonds is 7. The minimum absolute atomic E-state index is 0.186. The molecule has 0 atom stereocenters. The van der Waals surface area contributed by atoms with Gasteiger partial charge in [-0.05, 0) is 111 Å². The van der Waals surface area contributed by atoms with Gasteiger partial charge in [-0.3, -0.25) is 42.5 Å². The maximum atomic E-state index is 13.2. The Morgan fingerprint density at radius 3 is 1.18 bits per heavy atom. The Balaban J connectivity index is 0.000000135. The minimum atomic E-state index is -0.696. The number of carbonyl (C=O) groups excluding carboxylic acids is 3. The van der Waals surface area contributed by atoms with Crippen LogP contribution in [0.25, 0.3) is 0 Å². The van der Waals surface area contributed by atoms with Gasteiger partial charge in [0.1, 0.15) is 64.4 Å². The van der Waals surface area contributed by atoms with Crippen molar-refractivity contribution in [1.82, 2.24) is 59.6 Å². The number of anilines is 5. The molecule has 416 valence electrons. The fraction of sp³-hybridized carbons (Fsp3) is 0.412. The maximum Gasteiger partial charge on any atom is 0.276 e. The van der Waals surface area contributed by atoms with Crippen LogP contribution in [-0.2, 0) is 17.0 Å². The van der Waals surface area contributed by atoms with E-state index in [0.717, 1.165) is 70.6 Å². The number of hydrogen-bond acceptors (Lipinski definition) is 18. The van der Waals surface area contributed by atoms with E-state index in [-0.39, 0.29) is 67.2 Å². The molecule has 0 saturated heterocycles. The van der Waals surface area contributed by atoms with Crippen molar-refractivity contribution in [2.24, 2.45) is 0 Å². The molecule has 6 aliphatic rings. The molecule has 3 fully saturated rings. The summed E-state index contributed by atoms with van der Waals surface area (Å²) in [5, 5.41) is 15.6. The fourth-order valence-electron chi connectivity index (χ4n) is 11.1. The van der Waals surface area contributed by atoms with E-state index in [9.17, 15) is 28.8 Å². The van der Waals surface area contributed by atoms with Crippen LogP contribution in [0.15, 0.2) is 74.6 Å². The van der Waals surface area contributed by atoms with Crippen molar-refractivity contribution in [2.75, 3.05) is 37.7 Å². The van der Waals surface area contributed by atoms with Crippen LogP contribution in [0.1, 0.15) is 128 Å². The Labute approximate surface area is 474 Å². The van der Waals surface area contributed by atoms with Crippen LogP contribution in [0.2, 0.25) is 15.1 Å². The Morgan fingerprint density at radius 1 is 0.506 bits per heavy atom. The van der Waals surface area contributed by atoms with Crippen LogP contribution in [-0.4, -0.2) is 82.7 Å². The van der Waals surface area contributed by atoms with Gasteiger partial charge in [-0.25, -0.2) is 29.9 Å². The molecule has 0 aromatic carbocycles. The molecule has 6 aromatic rings. The fourth-order valence-corrected chi connectivity index (χ4v) is 12.4. The van der Waals surface area contributed by atoms with Crippen LogP contribution in [0.3, 0.4) is 0 Å². The average Bonchev–Trinajstić information content (AvgIpc) is 4.27. The molecule has 3 aliphatic heterocycles. The van der Waals surface area contributed by atoms with Gasteiger partial charge >= 0.3 is 0 Å². The van der Waals surface area contributed by atoms with Gasteiger partial charge in [0.2, 0.25) is 0 Å². The molecule has 3 aliphatic carbocycles. The predicted molar refractivity (Wildman–Crippen MR) is 297 cm³/mol. The first-order valence-electron chi connectivity index (χ1n) is 25.3. The molecule has 79 heavy (non-hydrogen) atoms. The first kappa shape index (κ1) is 56.4. The number of methoxy groups -OCH3 is 3. The number of halogens is 4. The van der Waals surface area contributed by atoms with E-state index in [1.165, 1.54) is 86.2 Å². The zero-order chi connectivity index (χ0) is 56.2. The molecule has 3 saturated carbocycles. The molecule has 9 heterocycles. The van der Waals surface area contributed by atoms with Gasteiger partial charge in [0.15, 0.2) is 34.7 Å². The third kappa shape index (κ3) is 10.9. The second-order valence-electron chi connectivity index (χ2n) is 19.4. The highest BCUT2D eigenvalue weighted by atomic mass is 79.9. The zero-order valence-electron chi connectivity index (χ0n) is 43.1. The van der Waals surface area contributed by atoms with Gasteiger partial charge in [0.25, 0.3) is 34.4 Å². The van der Waals surface area contributed by atoms with Crippen LogP contribution < -0.4 is 63.2 Å². The summed E-state index contributed by atoms with van der Waals surface area (Å²) in [4.78, 5) is 99.1. The summed E-state index contributed by atoms with van der Waals surface area (Å²) in [6.07, 6.45) is 22.1. The number of nitrogens with two attached hydrogens (primary N) is 1. The van der Waals surface area contributed by atoms with Gasteiger partial charge in [-0.2, -0.15) is 0 Å². The van der Waals surface area contributed by atoms with E-state index in [4.69, 9.17) is 54.7 Å². The Kier molecular flexibility index (Phi) is 16.8. The Hall–Kier alpha value is -7.35. The first-order valence-corrected chi connectivity index (χ1v) is 27.3. The number of hydrogen-bond donors (Lipinski definition) is 6. The van der Waals surface area contributed by atoms with Gasteiger partial charge in [0.05, 0.1) is 59.5 Å². The van der Waals surface area contributed by atoms with Crippen molar-refractivity contribution in [2.45, 2.75) is 113 Å². The van der Waals surface area contributed by atoms with Crippen molar-refractivity contribution in [3.63, 3.8) is 0 Å². The molecule has 3 spiro atoms. The van der Waals surface area contributed by atoms with Crippen LogP contribution in [0, 0.1) is 0 Å². The van der Waals surface area contributed by atoms with Crippen LogP contribution in [0.4, 0.5) is 28.8 Å². The number of fused-ring (bicyclic) bond motifs is 6. The summed E-state index contributed by atoms with van der Waals surface area (Å²) in [5.41, 5.74) is 3.80. The standard InChI is InChI=1S/2C17H18ClN5O3.C12H12BrClN2O2.C5H7N3O/c2*1-26-12-8-19-9-20-14(12)21-11-7-10(18)13-15(24)22-17(23(13)16(11)25)5-3-2-4-6-17;13-7-6-8(14)9-10(17)15-12(16(9)11(7)18)4-2-1-3-5-12;1-9-4-2-7-3-8-5(4)6/h2*7-9H,2-6H2,1H3,(H,22,24)(H,19,20,21);6H,1-5H2,(H,15,17);2-3H,1H3,(H2,6,7,8). The lowest BCUT2D eigenvalue weighted by Crippen LogP contribution is -2.48. The highest BCUT2D eigenvalue weighted by molar-refractivity contribution is 9.10. The van der Waals surface area contributed by atoms with Gasteiger partial charge in [-0.15, -0.1) is 0 Å². The SMILES string of the molecule is COc1cncnc1N.COc1cncnc1Nc1cc(Cl)c2n(c1=O)C1(CCCCC1)NC2=O.COc1cncnc1Nc1cc(Cl)c2n(c1=O)C1(CCCCC1)NC2=O.O=C1NC2(CCCCC2)n2c1c(Cl)cc(Br)c2=O. The number of amides is 3. The first-order chi connectivity index (χ1) is 38.0. The summed E-state index contributed by atoms with van der Waals surface area (Å²) < 4.78 is 20.2. The van der Waals surface area contributed by atoms with Crippen molar-refractivity contribution in [3.05, 3.63) is 123 Å². The third-order valence-electron chi connectivity index (χ3n) is 14.7.